The van der Waals surface area contributed by atoms with E-state index in [0.717, 1.165) is 36.5 Å². The zero-order valence-corrected chi connectivity index (χ0v) is 15.8. The van der Waals surface area contributed by atoms with Crippen molar-refractivity contribution in [1.29, 1.82) is 0 Å². The van der Waals surface area contributed by atoms with Crippen LogP contribution in [-0.4, -0.2) is 47.9 Å². The predicted octanol–water partition coefficient (Wildman–Crippen LogP) is 1.65. The van der Waals surface area contributed by atoms with Crippen LogP contribution in [-0.2, 0) is 17.9 Å². The van der Waals surface area contributed by atoms with Crippen LogP contribution in [0, 0.1) is 6.92 Å². The lowest BCUT2D eigenvalue weighted by molar-refractivity contribution is -0.125. The minimum Gasteiger partial charge on any atom is -0.349 e. The number of aryl methyl sites for hydroxylation is 1. The summed E-state index contributed by atoms with van der Waals surface area (Å²) in [6.45, 7) is 3.89. The molecule has 8 nitrogen and oxygen atoms in total. The van der Waals surface area contributed by atoms with Crippen LogP contribution in [0.5, 0.6) is 0 Å². The van der Waals surface area contributed by atoms with Gasteiger partial charge in [0.15, 0.2) is 0 Å². The van der Waals surface area contributed by atoms with Gasteiger partial charge in [0.2, 0.25) is 11.9 Å². The van der Waals surface area contributed by atoms with Crippen molar-refractivity contribution in [3.05, 3.63) is 66.3 Å². The highest BCUT2D eigenvalue weighted by Crippen LogP contribution is 2.19. The maximum Gasteiger partial charge on any atom is 0.237 e. The summed E-state index contributed by atoms with van der Waals surface area (Å²) in [6, 6.07) is 7.63. The summed E-state index contributed by atoms with van der Waals surface area (Å²) >= 11 is 0. The van der Waals surface area contributed by atoms with Crippen molar-refractivity contribution < 1.29 is 4.79 Å². The molecule has 1 N–H and O–H groups in total. The smallest absolute Gasteiger partial charge is 0.237 e. The molecule has 0 aromatic carbocycles. The summed E-state index contributed by atoms with van der Waals surface area (Å²) in [5.74, 6) is 0.591. The number of carbonyl (C=O) groups is 1. The highest BCUT2D eigenvalue weighted by atomic mass is 16.2. The number of pyridine rings is 1. The van der Waals surface area contributed by atoms with Gasteiger partial charge in [-0.05, 0) is 44.5 Å². The molecule has 3 aromatic heterocycles. The molecule has 28 heavy (non-hydrogen) atoms. The lowest BCUT2D eigenvalue weighted by atomic mass is 10.2. The van der Waals surface area contributed by atoms with Crippen molar-refractivity contribution in [1.82, 2.24) is 34.7 Å². The standard InChI is InChI=1S/C20H23N7O/c1-15-11-17(25-20(24-15)27-10-8-21-14-27)12-23-19(28)18-6-4-9-26(18)13-16-5-2-3-7-22-16/h2-3,5,7-8,10-11,14,18H,4,6,9,12-13H2,1H3,(H,23,28). The van der Waals surface area contributed by atoms with Crippen molar-refractivity contribution in [2.45, 2.75) is 38.9 Å². The Kier molecular flexibility index (Phi) is 5.38. The second-order valence-corrected chi connectivity index (χ2v) is 6.94. The maximum atomic E-state index is 12.8. The number of carbonyl (C=O) groups excluding carboxylic acids is 1. The molecule has 8 heteroatoms. The topological polar surface area (TPSA) is 88.8 Å². The number of rotatable bonds is 6. The summed E-state index contributed by atoms with van der Waals surface area (Å²) in [5.41, 5.74) is 2.61. The lowest BCUT2D eigenvalue weighted by Crippen LogP contribution is -2.42. The molecule has 1 saturated heterocycles. The summed E-state index contributed by atoms with van der Waals surface area (Å²) in [6.07, 6.45) is 8.81. The number of aromatic nitrogens is 5. The number of hydrogen-bond acceptors (Lipinski definition) is 6. The Balaban J connectivity index is 1.40. The van der Waals surface area contributed by atoms with Gasteiger partial charge in [0.05, 0.1) is 24.0 Å². The maximum absolute atomic E-state index is 12.8. The SMILES string of the molecule is Cc1cc(CNC(=O)C2CCCN2Cc2ccccn2)nc(-n2ccnc2)n1. The molecule has 4 rings (SSSR count). The summed E-state index contributed by atoms with van der Waals surface area (Å²) < 4.78 is 1.75. The quantitative estimate of drug-likeness (QED) is 0.703. The van der Waals surface area contributed by atoms with E-state index >= 15 is 0 Å². The third-order valence-electron chi connectivity index (χ3n) is 4.83. The zero-order chi connectivity index (χ0) is 19.3. The Morgan fingerprint density at radius 1 is 1.25 bits per heavy atom. The number of nitrogens with one attached hydrogen (secondary N) is 1. The minimum atomic E-state index is -0.127. The first-order chi connectivity index (χ1) is 13.7. The highest BCUT2D eigenvalue weighted by molar-refractivity contribution is 5.82. The van der Waals surface area contributed by atoms with E-state index in [4.69, 9.17) is 0 Å². The molecule has 1 aliphatic rings. The lowest BCUT2D eigenvalue weighted by Gasteiger charge is -2.23. The molecule has 0 radical (unpaired) electrons. The summed E-state index contributed by atoms with van der Waals surface area (Å²) in [5, 5.41) is 3.04. The molecule has 1 amide bonds. The van der Waals surface area contributed by atoms with Crippen molar-refractivity contribution >= 4 is 5.91 Å². The molecule has 144 valence electrons. The average Bonchev–Trinajstić information content (AvgIpc) is 3.39. The fraction of sp³-hybridized carbons (Fsp3) is 0.350. The third-order valence-corrected chi connectivity index (χ3v) is 4.83. The highest BCUT2D eigenvalue weighted by Gasteiger charge is 2.30. The van der Waals surface area contributed by atoms with E-state index in [0.29, 0.717) is 19.0 Å². The molecule has 0 bridgehead atoms. The second kappa shape index (κ2) is 8.26. The van der Waals surface area contributed by atoms with Gasteiger partial charge in [-0.3, -0.25) is 19.2 Å². The van der Waals surface area contributed by atoms with E-state index in [-0.39, 0.29) is 11.9 Å². The van der Waals surface area contributed by atoms with Crippen LogP contribution in [0.2, 0.25) is 0 Å². The molecule has 1 fully saturated rings. The van der Waals surface area contributed by atoms with Crippen molar-refractivity contribution in [3.8, 4) is 5.95 Å². The van der Waals surface area contributed by atoms with Gasteiger partial charge >= 0.3 is 0 Å². The van der Waals surface area contributed by atoms with Crippen LogP contribution in [0.3, 0.4) is 0 Å². The van der Waals surface area contributed by atoms with Crippen molar-refractivity contribution in [2.75, 3.05) is 6.54 Å². The molecular formula is C20H23N7O. The fourth-order valence-electron chi connectivity index (χ4n) is 3.51. The van der Waals surface area contributed by atoms with Gasteiger partial charge in [-0.25, -0.2) is 15.0 Å². The van der Waals surface area contributed by atoms with E-state index in [1.54, 1.807) is 29.5 Å². The molecule has 4 heterocycles. The van der Waals surface area contributed by atoms with Crippen LogP contribution in [0.4, 0.5) is 0 Å². The Hall–Kier alpha value is -3.13. The Morgan fingerprint density at radius 2 is 2.18 bits per heavy atom. The number of likely N-dealkylation sites (tertiary alicyclic amines) is 1. The minimum absolute atomic E-state index is 0.0360. The van der Waals surface area contributed by atoms with Crippen molar-refractivity contribution in [2.24, 2.45) is 0 Å². The summed E-state index contributed by atoms with van der Waals surface area (Å²) in [7, 11) is 0. The molecule has 1 unspecified atom stereocenters. The van der Waals surface area contributed by atoms with Gasteiger partial charge in [0, 0.05) is 30.8 Å². The van der Waals surface area contributed by atoms with Gasteiger partial charge in [0.25, 0.3) is 0 Å². The first-order valence-corrected chi connectivity index (χ1v) is 9.43. The first-order valence-electron chi connectivity index (χ1n) is 9.43. The van der Waals surface area contributed by atoms with Crippen LogP contribution < -0.4 is 5.32 Å². The Labute approximate surface area is 163 Å². The van der Waals surface area contributed by atoms with Crippen LogP contribution in [0.1, 0.15) is 29.9 Å². The average molecular weight is 377 g/mol. The van der Waals surface area contributed by atoms with Gasteiger partial charge in [0.1, 0.15) is 6.33 Å². The molecule has 1 aliphatic heterocycles. The molecule has 0 saturated carbocycles. The van der Waals surface area contributed by atoms with E-state index in [2.05, 4.69) is 30.2 Å². The number of hydrogen-bond donors (Lipinski definition) is 1. The number of nitrogens with zero attached hydrogens (tertiary/aromatic N) is 6. The van der Waals surface area contributed by atoms with Crippen LogP contribution in [0.15, 0.2) is 49.2 Å². The Morgan fingerprint density at radius 3 is 2.96 bits per heavy atom. The van der Waals surface area contributed by atoms with Gasteiger partial charge in [-0.1, -0.05) is 6.07 Å². The van der Waals surface area contributed by atoms with E-state index in [1.807, 2.05) is 31.2 Å². The monoisotopic (exact) mass is 377 g/mol. The van der Waals surface area contributed by atoms with Gasteiger partial charge in [-0.15, -0.1) is 0 Å². The normalized spacial score (nSPS) is 17.0. The third kappa shape index (κ3) is 4.23. The van der Waals surface area contributed by atoms with Crippen LogP contribution in [0.25, 0.3) is 5.95 Å². The molecule has 0 aliphatic carbocycles. The van der Waals surface area contributed by atoms with Crippen molar-refractivity contribution in [3.63, 3.8) is 0 Å². The molecule has 3 aromatic rings. The van der Waals surface area contributed by atoms with Gasteiger partial charge < -0.3 is 5.32 Å². The van der Waals surface area contributed by atoms with E-state index in [9.17, 15) is 4.79 Å². The largest absolute Gasteiger partial charge is 0.349 e. The second-order valence-electron chi connectivity index (χ2n) is 6.94. The molecule has 1 atom stereocenters. The fourth-order valence-corrected chi connectivity index (χ4v) is 3.51. The molecular weight excluding hydrogens is 354 g/mol. The number of amides is 1. The summed E-state index contributed by atoms with van der Waals surface area (Å²) in [4.78, 5) is 32.3. The van der Waals surface area contributed by atoms with Gasteiger partial charge in [-0.2, -0.15) is 0 Å². The zero-order valence-electron chi connectivity index (χ0n) is 15.8. The first kappa shape index (κ1) is 18.2. The van der Waals surface area contributed by atoms with E-state index < -0.39 is 0 Å². The number of imidazole rings is 1. The Bertz CT molecular complexity index is 927. The van der Waals surface area contributed by atoms with E-state index in [1.165, 1.54) is 0 Å². The predicted molar refractivity (Wildman–Crippen MR) is 103 cm³/mol. The molecule has 0 spiro atoms. The van der Waals surface area contributed by atoms with Crippen LogP contribution >= 0.6 is 0 Å².